The molecule has 0 amide bonds. The molecule has 0 spiro atoms. The summed E-state index contributed by atoms with van der Waals surface area (Å²) in [5, 5.41) is 13.0. The van der Waals surface area contributed by atoms with E-state index in [0.29, 0.717) is 22.7 Å². The van der Waals surface area contributed by atoms with Crippen molar-refractivity contribution >= 4 is 17.3 Å². The van der Waals surface area contributed by atoms with Crippen LogP contribution in [0.25, 0.3) is 0 Å². The van der Waals surface area contributed by atoms with E-state index in [4.69, 9.17) is 21.6 Å². The molecule has 20 heavy (non-hydrogen) atoms. The number of ether oxygens (including phenoxy) is 1. The third-order valence-corrected chi connectivity index (χ3v) is 4.87. The molecule has 0 aromatic heterocycles. The van der Waals surface area contributed by atoms with E-state index in [1.165, 1.54) is 0 Å². The largest absolute Gasteiger partial charge is 0.382 e. The Labute approximate surface area is 125 Å². The first-order chi connectivity index (χ1) is 9.55. The molecule has 1 N–H and O–H groups in total. The molecule has 0 heterocycles. The molecule has 1 fully saturated rings. The molecule has 0 radical (unpaired) electrons. The Morgan fingerprint density at radius 3 is 2.85 bits per heavy atom. The van der Waals surface area contributed by atoms with Crippen LogP contribution in [-0.2, 0) is 4.74 Å². The smallest absolute Gasteiger partial charge is 0.101 e. The normalized spacial score (nSPS) is 28.6. The molecule has 3 unspecified atom stereocenters. The molecular formula is C16H21ClN2O. The van der Waals surface area contributed by atoms with Crippen LogP contribution >= 0.6 is 11.6 Å². The van der Waals surface area contributed by atoms with E-state index in [1.54, 1.807) is 6.07 Å². The summed E-state index contributed by atoms with van der Waals surface area (Å²) in [4.78, 5) is 0. The molecule has 1 aromatic rings. The summed E-state index contributed by atoms with van der Waals surface area (Å²) in [6.45, 7) is 7.25. The average Bonchev–Trinajstić information content (AvgIpc) is 2.46. The number of hydrogen-bond donors (Lipinski definition) is 1. The molecule has 4 heteroatoms. The van der Waals surface area contributed by atoms with E-state index in [9.17, 15) is 0 Å². The van der Waals surface area contributed by atoms with Crippen molar-refractivity contribution in [1.82, 2.24) is 0 Å². The Kier molecular flexibility index (Phi) is 4.57. The van der Waals surface area contributed by atoms with Crippen molar-refractivity contribution in [2.24, 2.45) is 5.41 Å². The van der Waals surface area contributed by atoms with Gasteiger partial charge in [0.25, 0.3) is 0 Å². The first-order valence-electron chi connectivity index (χ1n) is 7.13. The van der Waals surface area contributed by atoms with Crippen molar-refractivity contribution in [1.29, 1.82) is 5.26 Å². The van der Waals surface area contributed by atoms with E-state index in [2.05, 4.69) is 25.2 Å². The van der Waals surface area contributed by atoms with Crippen LogP contribution in [0, 0.1) is 16.7 Å². The predicted molar refractivity (Wildman–Crippen MR) is 82.0 cm³/mol. The second kappa shape index (κ2) is 6.03. The minimum absolute atomic E-state index is 0.141. The third-order valence-electron chi connectivity index (χ3n) is 4.54. The number of halogens is 1. The Morgan fingerprint density at radius 1 is 1.50 bits per heavy atom. The summed E-state index contributed by atoms with van der Waals surface area (Å²) in [6, 6.07) is 7.99. The van der Waals surface area contributed by atoms with Gasteiger partial charge >= 0.3 is 0 Å². The van der Waals surface area contributed by atoms with E-state index < -0.39 is 0 Å². The zero-order valence-corrected chi connectivity index (χ0v) is 13.0. The average molecular weight is 293 g/mol. The number of nitrogens with zero attached hydrogens (tertiary/aromatic N) is 1. The van der Waals surface area contributed by atoms with Gasteiger partial charge in [-0.1, -0.05) is 25.4 Å². The fourth-order valence-corrected chi connectivity index (χ4v) is 3.04. The number of rotatable bonds is 5. The number of nitrogens with one attached hydrogen (secondary N) is 1. The van der Waals surface area contributed by atoms with E-state index in [1.807, 2.05) is 19.1 Å². The number of nitriles is 1. The van der Waals surface area contributed by atoms with Crippen LogP contribution in [0.15, 0.2) is 18.2 Å². The van der Waals surface area contributed by atoms with Gasteiger partial charge in [0, 0.05) is 23.8 Å². The highest BCUT2D eigenvalue weighted by Crippen LogP contribution is 2.47. The first-order valence-corrected chi connectivity index (χ1v) is 7.50. The van der Waals surface area contributed by atoms with E-state index >= 15 is 0 Å². The predicted octanol–water partition coefficient (Wildman–Crippen LogP) is 4.22. The molecular weight excluding hydrogens is 272 g/mol. The van der Waals surface area contributed by atoms with Crippen molar-refractivity contribution in [3.63, 3.8) is 0 Å². The van der Waals surface area contributed by atoms with Crippen molar-refractivity contribution in [2.45, 2.75) is 45.8 Å². The highest BCUT2D eigenvalue weighted by molar-refractivity contribution is 6.31. The first kappa shape index (κ1) is 15.2. The summed E-state index contributed by atoms with van der Waals surface area (Å²) in [5.41, 5.74) is 1.60. The molecule has 1 aromatic carbocycles. The zero-order chi connectivity index (χ0) is 14.8. The summed E-state index contributed by atoms with van der Waals surface area (Å²) in [6.07, 6.45) is 2.38. The standard InChI is InChI=1S/C16H21ClN2O/c1-4-16(3)14(9-15(16)20-5-2)19-12-6-7-13(17)11(8-12)10-18/h6-8,14-15,19H,4-5,9H2,1-3H3. The topological polar surface area (TPSA) is 45.0 Å². The molecule has 1 aliphatic rings. The Bertz CT molecular complexity index is 526. The fourth-order valence-electron chi connectivity index (χ4n) is 2.88. The van der Waals surface area contributed by atoms with Gasteiger partial charge in [0.1, 0.15) is 6.07 Å². The lowest BCUT2D eigenvalue weighted by atomic mass is 9.61. The molecule has 1 saturated carbocycles. The van der Waals surface area contributed by atoms with Gasteiger partial charge in [-0.2, -0.15) is 5.26 Å². The zero-order valence-electron chi connectivity index (χ0n) is 12.2. The van der Waals surface area contributed by atoms with Crippen molar-refractivity contribution in [3.8, 4) is 6.07 Å². The summed E-state index contributed by atoms with van der Waals surface area (Å²) < 4.78 is 5.80. The lowest BCUT2D eigenvalue weighted by Gasteiger charge is -2.54. The van der Waals surface area contributed by atoms with E-state index in [0.717, 1.165) is 25.1 Å². The van der Waals surface area contributed by atoms with Gasteiger partial charge in [-0.15, -0.1) is 0 Å². The van der Waals surface area contributed by atoms with E-state index in [-0.39, 0.29) is 5.41 Å². The highest BCUT2D eigenvalue weighted by atomic mass is 35.5. The minimum Gasteiger partial charge on any atom is -0.382 e. The maximum atomic E-state index is 9.03. The van der Waals surface area contributed by atoms with Gasteiger partial charge in [-0.25, -0.2) is 0 Å². The summed E-state index contributed by atoms with van der Waals surface area (Å²) >= 11 is 5.96. The number of anilines is 1. The van der Waals surface area contributed by atoms with Crippen LogP contribution in [0.2, 0.25) is 5.02 Å². The van der Waals surface area contributed by atoms with Gasteiger partial charge in [0.2, 0.25) is 0 Å². The molecule has 0 bridgehead atoms. The molecule has 1 aliphatic carbocycles. The molecule has 0 aliphatic heterocycles. The van der Waals surface area contributed by atoms with Crippen LogP contribution in [0.4, 0.5) is 5.69 Å². The summed E-state index contributed by atoms with van der Waals surface area (Å²) in [5.74, 6) is 0. The monoisotopic (exact) mass is 292 g/mol. The minimum atomic E-state index is 0.141. The maximum absolute atomic E-state index is 9.03. The van der Waals surface area contributed by atoms with Crippen LogP contribution in [0.1, 0.15) is 39.2 Å². The molecule has 3 atom stereocenters. The lowest BCUT2D eigenvalue weighted by molar-refractivity contribution is -0.109. The third kappa shape index (κ3) is 2.63. The second-order valence-electron chi connectivity index (χ2n) is 5.54. The van der Waals surface area contributed by atoms with Crippen molar-refractivity contribution in [2.75, 3.05) is 11.9 Å². The van der Waals surface area contributed by atoms with Gasteiger partial charge in [-0.3, -0.25) is 0 Å². The van der Waals surface area contributed by atoms with Crippen LogP contribution in [0.5, 0.6) is 0 Å². The number of hydrogen-bond acceptors (Lipinski definition) is 3. The second-order valence-corrected chi connectivity index (χ2v) is 5.95. The Morgan fingerprint density at radius 2 is 2.25 bits per heavy atom. The van der Waals surface area contributed by atoms with Crippen LogP contribution < -0.4 is 5.32 Å². The van der Waals surface area contributed by atoms with Crippen LogP contribution in [0.3, 0.4) is 0 Å². The van der Waals surface area contributed by atoms with Gasteiger partial charge < -0.3 is 10.1 Å². The van der Waals surface area contributed by atoms with Crippen molar-refractivity contribution < 1.29 is 4.74 Å². The highest BCUT2D eigenvalue weighted by Gasteiger charge is 2.51. The molecule has 3 nitrogen and oxygen atoms in total. The molecule has 2 rings (SSSR count). The Balaban J connectivity index is 2.10. The van der Waals surface area contributed by atoms with Gasteiger partial charge in [0.15, 0.2) is 0 Å². The fraction of sp³-hybridized carbons (Fsp3) is 0.562. The maximum Gasteiger partial charge on any atom is 0.101 e. The van der Waals surface area contributed by atoms with Gasteiger partial charge in [0.05, 0.1) is 16.7 Å². The lowest BCUT2D eigenvalue weighted by Crippen LogP contribution is -2.59. The van der Waals surface area contributed by atoms with Crippen molar-refractivity contribution in [3.05, 3.63) is 28.8 Å². The molecule has 108 valence electrons. The van der Waals surface area contributed by atoms with Gasteiger partial charge in [-0.05, 0) is 38.0 Å². The Hall–Kier alpha value is -1.24. The number of benzene rings is 1. The SMILES string of the molecule is CCOC1CC(Nc2ccc(Cl)c(C#N)c2)C1(C)CC. The molecule has 0 saturated heterocycles. The quantitative estimate of drug-likeness (QED) is 0.884. The summed E-state index contributed by atoms with van der Waals surface area (Å²) in [7, 11) is 0. The van der Waals surface area contributed by atoms with Crippen LogP contribution in [-0.4, -0.2) is 18.8 Å².